The molecular formula is C11H24O2. The second-order valence-corrected chi connectivity index (χ2v) is 3.96. The molecule has 0 aliphatic rings. The molecule has 0 aliphatic heterocycles. The monoisotopic (exact) mass is 188 g/mol. The maximum Gasteiger partial charge on any atom is 0.0799 e. The van der Waals surface area contributed by atoms with Crippen molar-refractivity contribution in [1.29, 1.82) is 0 Å². The Balaban J connectivity index is 3.69. The Bertz CT molecular complexity index is 113. The predicted molar refractivity (Wildman–Crippen MR) is 55.6 cm³/mol. The first-order valence-corrected chi connectivity index (χ1v) is 5.47. The van der Waals surface area contributed by atoms with Gasteiger partial charge >= 0.3 is 0 Å². The Morgan fingerprint density at radius 2 is 1.77 bits per heavy atom. The minimum atomic E-state index is -0.587. The highest BCUT2D eigenvalue weighted by Crippen LogP contribution is 2.19. The standard InChI is InChI=1S/C11H24O2/c1-4-6-7-10(5-2)8-11(13)9(3)12/h9-13H,4-8H2,1-3H3. The third-order valence-corrected chi connectivity index (χ3v) is 2.67. The van der Waals surface area contributed by atoms with Crippen LogP contribution in [0.5, 0.6) is 0 Å². The normalized spacial score (nSPS) is 18.2. The Kier molecular flexibility index (Phi) is 7.29. The summed E-state index contributed by atoms with van der Waals surface area (Å²) in [4.78, 5) is 0. The van der Waals surface area contributed by atoms with Gasteiger partial charge in [0.25, 0.3) is 0 Å². The number of aliphatic hydroxyl groups excluding tert-OH is 2. The highest BCUT2D eigenvalue weighted by atomic mass is 16.3. The summed E-state index contributed by atoms with van der Waals surface area (Å²) in [6, 6.07) is 0. The van der Waals surface area contributed by atoms with E-state index in [1.165, 1.54) is 19.3 Å². The lowest BCUT2D eigenvalue weighted by molar-refractivity contribution is 0.0145. The van der Waals surface area contributed by atoms with Crippen LogP contribution < -0.4 is 0 Å². The number of hydrogen-bond donors (Lipinski definition) is 2. The average molecular weight is 188 g/mol. The van der Waals surface area contributed by atoms with Crippen LogP contribution in [0.15, 0.2) is 0 Å². The van der Waals surface area contributed by atoms with Gasteiger partial charge in [-0.1, -0.05) is 39.5 Å². The van der Waals surface area contributed by atoms with E-state index in [2.05, 4.69) is 13.8 Å². The van der Waals surface area contributed by atoms with Crippen molar-refractivity contribution >= 4 is 0 Å². The summed E-state index contributed by atoms with van der Waals surface area (Å²) in [5, 5.41) is 18.6. The van der Waals surface area contributed by atoms with Gasteiger partial charge in [0.2, 0.25) is 0 Å². The molecule has 0 aromatic carbocycles. The lowest BCUT2D eigenvalue weighted by Gasteiger charge is -2.20. The Labute approximate surface area is 82.0 Å². The van der Waals surface area contributed by atoms with Crippen molar-refractivity contribution in [2.75, 3.05) is 0 Å². The first-order valence-electron chi connectivity index (χ1n) is 5.47. The van der Waals surface area contributed by atoms with Crippen LogP contribution in [0.2, 0.25) is 0 Å². The molecule has 2 nitrogen and oxygen atoms in total. The molecule has 13 heavy (non-hydrogen) atoms. The third-order valence-electron chi connectivity index (χ3n) is 2.67. The van der Waals surface area contributed by atoms with Gasteiger partial charge in [-0.15, -0.1) is 0 Å². The summed E-state index contributed by atoms with van der Waals surface area (Å²) in [5.74, 6) is 0.574. The van der Waals surface area contributed by atoms with Crippen LogP contribution in [0.25, 0.3) is 0 Å². The number of aliphatic hydroxyl groups is 2. The largest absolute Gasteiger partial charge is 0.391 e. The molecule has 0 rings (SSSR count). The zero-order valence-electron chi connectivity index (χ0n) is 9.16. The van der Waals surface area contributed by atoms with Crippen molar-refractivity contribution in [1.82, 2.24) is 0 Å². The molecule has 0 bridgehead atoms. The van der Waals surface area contributed by atoms with E-state index in [1.807, 2.05) is 0 Å². The molecule has 3 atom stereocenters. The topological polar surface area (TPSA) is 40.5 Å². The van der Waals surface area contributed by atoms with Gasteiger partial charge in [0, 0.05) is 0 Å². The van der Waals surface area contributed by atoms with Gasteiger partial charge in [-0.25, -0.2) is 0 Å². The van der Waals surface area contributed by atoms with Crippen LogP contribution in [0.1, 0.15) is 52.9 Å². The van der Waals surface area contributed by atoms with Gasteiger partial charge in [0.1, 0.15) is 0 Å². The SMILES string of the molecule is CCCCC(CC)CC(O)C(C)O. The van der Waals surface area contributed by atoms with Crippen LogP contribution in [0.4, 0.5) is 0 Å². The molecule has 0 fully saturated rings. The molecule has 0 aromatic heterocycles. The van der Waals surface area contributed by atoms with E-state index < -0.39 is 12.2 Å². The van der Waals surface area contributed by atoms with E-state index in [0.29, 0.717) is 5.92 Å². The van der Waals surface area contributed by atoms with Crippen LogP contribution in [-0.2, 0) is 0 Å². The van der Waals surface area contributed by atoms with E-state index in [0.717, 1.165) is 12.8 Å². The second-order valence-electron chi connectivity index (χ2n) is 3.96. The molecule has 0 saturated carbocycles. The fraction of sp³-hybridized carbons (Fsp3) is 1.00. The molecule has 0 aromatic rings. The Morgan fingerprint density at radius 1 is 1.15 bits per heavy atom. The van der Waals surface area contributed by atoms with E-state index in [-0.39, 0.29) is 0 Å². The summed E-state index contributed by atoms with van der Waals surface area (Å²) in [7, 11) is 0. The third kappa shape index (κ3) is 6.05. The van der Waals surface area contributed by atoms with Gasteiger partial charge in [-0.3, -0.25) is 0 Å². The van der Waals surface area contributed by atoms with Gasteiger partial charge in [0.15, 0.2) is 0 Å². The van der Waals surface area contributed by atoms with E-state index in [1.54, 1.807) is 6.92 Å². The van der Waals surface area contributed by atoms with Crippen molar-refractivity contribution < 1.29 is 10.2 Å². The molecule has 3 unspecified atom stereocenters. The lowest BCUT2D eigenvalue weighted by atomic mass is 9.92. The quantitative estimate of drug-likeness (QED) is 0.644. The zero-order chi connectivity index (χ0) is 10.3. The van der Waals surface area contributed by atoms with Crippen molar-refractivity contribution in [3.63, 3.8) is 0 Å². The van der Waals surface area contributed by atoms with Crippen molar-refractivity contribution in [2.24, 2.45) is 5.92 Å². The molecule has 0 aliphatic carbocycles. The van der Waals surface area contributed by atoms with Gasteiger partial charge < -0.3 is 10.2 Å². The molecule has 2 heteroatoms. The summed E-state index contributed by atoms with van der Waals surface area (Å²) in [6.45, 7) is 5.98. The summed E-state index contributed by atoms with van der Waals surface area (Å²) < 4.78 is 0. The van der Waals surface area contributed by atoms with Crippen LogP contribution in [0.3, 0.4) is 0 Å². The first-order chi connectivity index (χ1) is 6.11. The predicted octanol–water partition coefficient (Wildman–Crippen LogP) is 2.33. The smallest absolute Gasteiger partial charge is 0.0799 e. The maximum atomic E-state index is 9.48. The van der Waals surface area contributed by atoms with Crippen molar-refractivity contribution in [3.8, 4) is 0 Å². The van der Waals surface area contributed by atoms with Crippen molar-refractivity contribution in [2.45, 2.75) is 65.1 Å². The first kappa shape index (κ1) is 12.9. The zero-order valence-corrected chi connectivity index (χ0v) is 9.16. The van der Waals surface area contributed by atoms with Gasteiger partial charge in [-0.05, 0) is 19.3 Å². The molecule has 0 amide bonds. The lowest BCUT2D eigenvalue weighted by Crippen LogP contribution is -2.25. The summed E-state index contributed by atoms with van der Waals surface area (Å²) in [5.41, 5.74) is 0. The van der Waals surface area contributed by atoms with E-state index in [9.17, 15) is 5.11 Å². The number of rotatable bonds is 7. The average Bonchev–Trinajstić information content (AvgIpc) is 2.11. The summed E-state index contributed by atoms with van der Waals surface area (Å²) >= 11 is 0. The maximum absolute atomic E-state index is 9.48. The minimum Gasteiger partial charge on any atom is -0.391 e. The fourth-order valence-electron chi connectivity index (χ4n) is 1.52. The highest BCUT2D eigenvalue weighted by molar-refractivity contribution is 4.68. The molecule has 0 heterocycles. The minimum absolute atomic E-state index is 0.540. The Morgan fingerprint density at radius 3 is 2.15 bits per heavy atom. The number of unbranched alkanes of at least 4 members (excludes halogenated alkanes) is 1. The molecule has 80 valence electrons. The van der Waals surface area contributed by atoms with E-state index in [4.69, 9.17) is 5.11 Å². The van der Waals surface area contributed by atoms with E-state index >= 15 is 0 Å². The highest BCUT2D eigenvalue weighted by Gasteiger charge is 2.16. The fourth-order valence-corrected chi connectivity index (χ4v) is 1.52. The number of hydrogen-bond acceptors (Lipinski definition) is 2. The molecule has 0 saturated heterocycles. The van der Waals surface area contributed by atoms with Crippen LogP contribution >= 0.6 is 0 Å². The molecule has 0 radical (unpaired) electrons. The van der Waals surface area contributed by atoms with Gasteiger partial charge in [0.05, 0.1) is 12.2 Å². The molecule has 2 N–H and O–H groups in total. The van der Waals surface area contributed by atoms with Crippen molar-refractivity contribution in [3.05, 3.63) is 0 Å². The molecule has 0 spiro atoms. The Hall–Kier alpha value is -0.0800. The van der Waals surface area contributed by atoms with Gasteiger partial charge in [-0.2, -0.15) is 0 Å². The van der Waals surface area contributed by atoms with Crippen LogP contribution in [0, 0.1) is 5.92 Å². The molecular weight excluding hydrogens is 164 g/mol. The van der Waals surface area contributed by atoms with Crippen LogP contribution in [-0.4, -0.2) is 22.4 Å². The second kappa shape index (κ2) is 7.34. The summed E-state index contributed by atoms with van der Waals surface area (Å²) in [6.07, 6.45) is 4.33.